The summed E-state index contributed by atoms with van der Waals surface area (Å²) in [6, 6.07) is 14.9. The highest BCUT2D eigenvalue weighted by atomic mass is 79.9. The lowest BCUT2D eigenvalue weighted by atomic mass is 9.86. The van der Waals surface area contributed by atoms with Gasteiger partial charge in [-0.15, -0.1) is 0 Å². The zero-order valence-electron chi connectivity index (χ0n) is 19.9. The van der Waals surface area contributed by atoms with Gasteiger partial charge in [-0.3, -0.25) is 9.59 Å². The van der Waals surface area contributed by atoms with Crippen molar-refractivity contribution in [2.75, 3.05) is 13.2 Å². The third kappa shape index (κ3) is 7.66. The molecule has 0 aliphatic heterocycles. The summed E-state index contributed by atoms with van der Waals surface area (Å²) in [5.41, 5.74) is 1.86. The van der Waals surface area contributed by atoms with Gasteiger partial charge >= 0.3 is 0 Å². The maximum atomic E-state index is 13.3. The Labute approximate surface area is 200 Å². The number of hydrogen-bond donors (Lipinski definition) is 1. The Balaban J connectivity index is 2.21. The second-order valence-corrected chi connectivity index (χ2v) is 10.4. The number of nitrogens with one attached hydrogen (secondary N) is 1. The van der Waals surface area contributed by atoms with Crippen LogP contribution in [0.2, 0.25) is 0 Å². The summed E-state index contributed by atoms with van der Waals surface area (Å²) < 4.78 is 6.89. The number of rotatable bonds is 9. The van der Waals surface area contributed by atoms with Crippen LogP contribution in [0.1, 0.15) is 52.7 Å². The second kappa shape index (κ2) is 11.5. The van der Waals surface area contributed by atoms with E-state index in [0.29, 0.717) is 24.8 Å². The average Bonchev–Trinajstić information content (AvgIpc) is 2.73. The van der Waals surface area contributed by atoms with E-state index in [4.69, 9.17) is 4.74 Å². The first-order valence-corrected chi connectivity index (χ1v) is 11.8. The molecule has 0 aliphatic rings. The Morgan fingerprint density at radius 1 is 1.06 bits per heavy atom. The van der Waals surface area contributed by atoms with E-state index in [0.717, 1.165) is 15.6 Å². The van der Waals surface area contributed by atoms with Crippen LogP contribution >= 0.6 is 15.9 Å². The molecule has 0 saturated heterocycles. The third-order valence-electron chi connectivity index (χ3n) is 5.14. The molecule has 0 heterocycles. The maximum Gasteiger partial charge on any atom is 0.261 e. The number of carbonyl (C=O) groups is 2. The van der Waals surface area contributed by atoms with Crippen molar-refractivity contribution < 1.29 is 14.3 Å². The zero-order chi connectivity index (χ0) is 23.9. The Morgan fingerprint density at radius 3 is 2.38 bits per heavy atom. The van der Waals surface area contributed by atoms with Crippen LogP contribution in [-0.4, -0.2) is 35.9 Å². The fraction of sp³-hybridized carbons (Fsp3) is 0.462. The van der Waals surface area contributed by atoms with E-state index in [1.54, 1.807) is 11.8 Å². The van der Waals surface area contributed by atoms with Gasteiger partial charge in [0.05, 0.1) is 0 Å². The minimum atomic E-state index is -0.623. The molecule has 1 N–H and O–H groups in total. The van der Waals surface area contributed by atoms with E-state index >= 15 is 0 Å². The molecule has 2 aromatic rings. The van der Waals surface area contributed by atoms with Crippen LogP contribution in [0.5, 0.6) is 5.75 Å². The summed E-state index contributed by atoms with van der Waals surface area (Å²) >= 11 is 3.48. The fourth-order valence-corrected chi connectivity index (χ4v) is 3.75. The van der Waals surface area contributed by atoms with Crippen LogP contribution in [0, 0.1) is 5.92 Å². The van der Waals surface area contributed by atoms with E-state index in [9.17, 15) is 9.59 Å². The van der Waals surface area contributed by atoms with Gasteiger partial charge in [-0.25, -0.2) is 0 Å². The largest absolute Gasteiger partial charge is 0.483 e. The van der Waals surface area contributed by atoms with Crippen LogP contribution in [0.25, 0.3) is 0 Å². The minimum absolute atomic E-state index is 0.111. The monoisotopic (exact) mass is 502 g/mol. The lowest BCUT2D eigenvalue weighted by molar-refractivity contribution is -0.142. The SMILES string of the molecule is CC(C)CNC(=O)C(C)N(Cc1cccc(Br)c1)C(=O)COc1ccccc1C(C)(C)C. The normalized spacial score (nSPS) is 12.4. The molecule has 32 heavy (non-hydrogen) atoms. The molecule has 2 amide bonds. The molecule has 0 aliphatic carbocycles. The van der Waals surface area contributed by atoms with E-state index in [1.165, 1.54) is 0 Å². The number of para-hydroxylation sites is 1. The zero-order valence-corrected chi connectivity index (χ0v) is 21.5. The average molecular weight is 503 g/mol. The highest BCUT2D eigenvalue weighted by molar-refractivity contribution is 9.10. The Kier molecular flexibility index (Phi) is 9.32. The molecule has 1 unspecified atom stereocenters. The highest BCUT2D eigenvalue weighted by Gasteiger charge is 2.27. The summed E-state index contributed by atoms with van der Waals surface area (Å²) in [5, 5.41) is 2.93. The molecule has 0 fully saturated rings. The summed E-state index contributed by atoms with van der Waals surface area (Å²) in [6.45, 7) is 12.9. The van der Waals surface area contributed by atoms with Gasteiger partial charge in [-0.1, -0.05) is 80.9 Å². The summed E-state index contributed by atoms with van der Waals surface area (Å²) in [7, 11) is 0. The van der Waals surface area contributed by atoms with Crippen molar-refractivity contribution in [1.29, 1.82) is 0 Å². The molecule has 2 rings (SSSR count). The molecule has 2 aromatic carbocycles. The number of ether oxygens (including phenoxy) is 1. The molecule has 0 radical (unpaired) electrons. The number of nitrogens with zero attached hydrogens (tertiary/aromatic N) is 1. The minimum Gasteiger partial charge on any atom is -0.483 e. The van der Waals surface area contributed by atoms with Crippen LogP contribution < -0.4 is 10.1 Å². The van der Waals surface area contributed by atoms with Gasteiger partial charge < -0.3 is 15.0 Å². The van der Waals surface area contributed by atoms with Crippen molar-refractivity contribution in [1.82, 2.24) is 10.2 Å². The lowest BCUT2D eigenvalue weighted by Gasteiger charge is -2.29. The molecule has 5 nitrogen and oxygen atoms in total. The molecular weight excluding hydrogens is 468 g/mol. The van der Waals surface area contributed by atoms with Crippen molar-refractivity contribution in [3.8, 4) is 5.75 Å². The Hall–Kier alpha value is -2.34. The van der Waals surface area contributed by atoms with Crippen LogP contribution in [0.15, 0.2) is 53.0 Å². The quantitative estimate of drug-likeness (QED) is 0.504. The molecule has 0 saturated carbocycles. The number of amides is 2. The van der Waals surface area contributed by atoms with Gasteiger partial charge in [0.25, 0.3) is 5.91 Å². The van der Waals surface area contributed by atoms with Crippen molar-refractivity contribution in [3.63, 3.8) is 0 Å². The summed E-state index contributed by atoms with van der Waals surface area (Å²) in [4.78, 5) is 27.6. The van der Waals surface area contributed by atoms with Gasteiger partial charge in [-0.2, -0.15) is 0 Å². The lowest BCUT2D eigenvalue weighted by Crippen LogP contribution is -2.49. The van der Waals surface area contributed by atoms with E-state index < -0.39 is 6.04 Å². The summed E-state index contributed by atoms with van der Waals surface area (Å²) in [5.74, 6) is 0.614. The molecule has 6 heteroatoms. The number of halogens is 1. The maximum absolute atomic E-state index is 13.3. The number of carbonyl (C=O) groups excluding carboxylic acids is 2. The van der Waals surface area contributed by atoms with Crippen molar-refractivity contribution in [3.05, 3.63) is 64.1 Å². The predicted octanol–water partition coefficient (Wildman–Crippen LogP) is 5.31. The molecule has 0 bridgehead atoms. The predicted molar refractivity (Wildman–Crippen MR) is 133 cm³/mol. The smallest absolute Gasteiger partial charge is 0.261 e. The third-order valence-corrected chi connectivity index (χ3v) is 5.63. The number of hydrogen-bond acceptors (Lipinski definition) is 3. The van der Waals surface area contributed by atoms with Crippen LogP contribution in [0.3, 0.4) is 0 Å². The van der Waals surface area contributed by atoms with E-state index in [1.807, 2.05) is 62.4 Å². The van der Waals surface area contributed by atoms with Gasteiger partial charge in [0.1, 0.15) is 11.8 Å². The van der Waals surface area contributed by atoms with Gasteiger partial charge in [0.2, 0.25) is 5.91 Å². The standard InChI is InChI=1S/C26H35BrN2O3/c1-18(2)15-28-25(31)19(3)29(16-20-10-9-11-21(27)14-20)24(30)17-32-23-13-8-7-12-22(23)26(4,5)6/h7-14,18-19H,15-17H2,1-6H3,(H,28,31). The topological polar surface area (TPSA) is 58.6 Å². The molecule has 0 spiro atoms. The fourth-order valence-electron chi connectivity index (χ4n) is 3.30. The molecule has 174 valence electrons. The first kappa shape index (κ1) is 25.9. The van der Waals surface area contributed by atoms with Gasteiger partial charge in [0.15, 0.2) is 6.61 Å². The summed E-state index contributed by atoms with van der Waals surface area (Å²) in [6.07, 6.45) is 0. The highest BCUT2D eigenvalue weighted by Crippen LogP contribution is 2.31. The molecular formula is C26H35BrN2O3. The van der Waals surface area contributed by atoms with Gasteiger partial charge in [-0.05, 0) is 47.6 Å². The number of benzene rings is 2. The first-order chi connectivity index (χ1) is 15.0. The van der Waals surface area contributed by atoms with Crippen molar-refractivity contribution in [2.24, 2.45) is 5.92 Å². The van der Waals surface area contributed by atoms with E-state index in [2.05, 4.69) is 42.0 Å². The van der Waals surface area contributed by atoms with E-state index in [-0.39, 0.29) is 23.8 Å². The van der Waals surface area contributed by atoms with Gasteiger partial charge in [0, 0.05) is 17.6 Å². The second-order valence-electron chi connectivity index (χ2n) is 9.50. The first-order valence-electron chi connectivity index (χ1n) is 11.0. The van der Waals surface area contributed by atoms with Crippen molar-refractivity contribution in [2.45, 2.75) is 59.5 Å². The van der Waals surface area contributed by atoms with Crippen LogP contribution in [-0.2, 0) is 21.5 Å². The molecule has 0 aromatic heterocycles. The van der Waals surface area contributed by atoms with Crippen LogP contribution in [0.4, 0.5) is 0 Å². The Morgan fingerprint density at radius 2 is 1.75 bits per heavy atom. The Bertz CT molecular complexity index is 921. The molecule has 1 atom stereocenters. The van der Waals surface area contributed by atoms with Crippen molar-refractivity contribution >= 4 is 27.7 Å².